The van der Waals surface area contributed by atoms with Crippen LogP contribution in [0.3, 0.4) is 0 Å². The number of carbonyl (C=O) groups excluding carboxylic acids is 3. The minimum atomic E-state index is -1.43. The monoisotopic (exact) mass is 1050 g/mol. The van der Waals surface area contributed by atoms with E-state index in [0.717, 1.165) is 50.0 Å². The van der Waals surface area contributed by atoms with Gasteiger partial charge in [0.2, 0.25) is 0 Å². The van der Waals surface area contributed by atoms with Crippen LogP contribution in [0, 0.1) is 0 Å². The van der Waals surface area contributed by atoms with E-state index in [1.165, 1.54) is 18.2 Å². The third-order valence-corrected chi connectivity index (χ3v) is 14.0. The largest absolute Gasteiger partial charge is 1.00 e. The SMILES string of the molecule is O=C(O)C1=C(CO)CS[C@@H]2[C@H](N=C([O-])COc3cc(OCC([O-])=N[C@@H]4C(=O)N5C(C(=O)O)=C(CO)CS[C@H]45)cc(OCC([O-])=N[C@@H]4C(=O)N5C(C(=O)O)=C(CO)CS[C@H]45)c3)C(=O)N12.[K+].[K+].[K+]. The van der Waals surface area contributed by atoms with Crippen LogP contribution in [0.15, 0.2) is 67.0 Å². The number of carboxylic acid groups (broad SMARTS) is 3. The number of hydrogen-bond acceptors (Lipinski definition) is 21. The summed E-state index contributed by atoms with van der Waals surface area (Å²) in [6.45, 7) is -4.08. The maximum absolute atomic E-state index is 12.9. The predicted octanol–water partition coefficient (Wildman–Crippen LogP) is -14.0. The van der Waals surface area contributed by atoms with Crippen molar-refractivity contribution < 1.29 is 243 Å². The van der Waals surface area contributed by atoms with Crippen molar-refractivity contribution in [1.29, 1.82) is 0 Å². The van der Waals surface area contributed by atoms with E-state index in [4.69, 9.17) is 14.2 Å². The molecule has 3 amide bonds. The van der Waals surface area contributed by atoms with E-state index in [-0.39, 0.29) is 222 Å². The Bertz CT molecular complexity index is 2100. The van der Waals surface area contributed by atoms with Crippen molar-refractivity contribution in [3.8, 4) is 17.2 Å². The van der Waals surface area contributed by atoms with Gasteiger partial charge in [0.1, 0.15) is 70.3 Å². The van der Waals surface area contributed by atoms with Crippen molar-refractivity contribution in [2.24, 2.45) is 15.0 Å². The number of aliphatic hydroxyl groups is 3. The van der Waals surface area contributed by atoms with Gasteiger partial charge in [-0.15, -0.1) is 35.3 Å². The van der Waals surface area contributed by atoms with Crippen LogP contribution >= 0.6 is 35.3 Å². The molecule has 0 bridgehead atoms. The Labute approximate surface area is 513 Å². The van der Waals surface area contributed by atoms with Crippen molar-refractivity contribution in [1.82, 2.24) is 14.7 Å². The normalized spacial score (nSPS) is 24.9. The molecule has 6 N–H and O–H groups in total. The van der Waals surface area contributed by atoms with Gasteiger partial charge < -0.3 is 60.2 Å². The topological polar surface area (TPSA) is 367 Å². The molecule has 1 aromatic rings. The van der Waals surface area contributed by atoms with Crippen molar-refractivity contribution in [2.45, 2.75) is 34.2 Å². The fourth-order valence-electron chi connectivity index (χ4n) is 7.12. The van der Waals surface area contributed by atoms with Crippen LogP contribution in [0.25, 0.3) is 0 Å². The molecule has 1 aromatic carbocycles. The maximum atomic E-state index is 12.9. The predicted molar refractivity (Wildman–Crippen MR) is 211 cm³/mol. The molecule has 3 saturated heterocycles. The van der Waals surface area contributed by atoms with Crippen LogP contribution in [0.2, 0.25) is 0 Å². The van der Waals surface area contributed by atoms with Gasteiger partial charge in [-0.05, 0) is 34.4 Å². The summed E-state index contributed by atoms with van der Waals surface area (Å²) < 4.78 is 16.8. The molecule has 6 aliphatic heterocycles. The molecule has 0 saturated carbocycles. The molecule has 0 unspecified atom stereocenters. The molecule has 24 nitrogen and oxygen atoms in total. The van der Waals surface area contributed by atoms with Gasteiger partial charge in [0.25, 0.3) is 17.7 Å². The Balaban J connectivity index is 0.00000317. The quantitative estimate of drug-likeness (QED) is 0.0344. The minimum Gasteiger partial charge on any atom is -0.860 e. The third-order valence-electron chi connectivity index (χ3n) is 10.0. The van der Waals surface area contributed by atoms with Gasteiger partial charge in [0.05, 0.1) is 19.8 Å². The molecule has 6 heterocycles. The number of aliphatic carboxylic acids is 3. The molecular formula is C36H33K3N6O18S3. The summed E-state index contributed by atoms with van der Waals surface area (Å²) in [6.07, 6.45) is 0. The summed E-state index contributed by atoms with van der Waals surface area (Å²) in [6, 6.07) is -0.109. The Morgan fingerprint density at radius 2 is 0.773 bits per heavy atom. The Morgan fingerprint density at radius 1 is 0.530 bits per heavy atom. The van der Waals surface area contributed by atoms with Crippen LogP contribution in [-0.2, 0) is 28.8 Å². The van der Waals surface area contributed by atoms with Gasteiger partial charge in [-0.3, -0.25) is 44.1 Å². The zero-order valence-electron chi connectivity index (χ0n) is 35.1. The van der Waals surface area contributed by atoms with Gasteiger partial charge in [-0.25, -0.2) is 14.4 Å². The molecule has 0 aromatic heterocycles. The second kappa shape index (κ2) is 24.8. The van der Waals surface area contributed by atoms with E-state index in [1.54, 1.807) is 0 Å². The molecule has 336 valence electrons. The number of benzene rings is 1. The van der Waals surface area contributed by atoms with Crippen LogP contribution in [0.4, 0.5) is 0 Å². The summed E-state index contributed by atoms with van der Waals surface area (Å²) in [5.41, 5.74) is -0.761. The first-order chi connectivity index (χ1) is 30.1. The number of amides is 3. The average Bonchev–Trinajstić information content (AvgIpc) is 3.27. The number of thioether (sulfide) groups is 3. The second-order valence-corrected chi connectivity index (χ2v) is 17.2. The number of fused-ring (bicyclic) bond motifs is 3. The number of β-lactam (4-membered cyclic amide) rings is 3. The summed E-state index contributed by atoms with van der Waals surface area (Å²) in [5.74, 6) is -9.62. The third kappa shape index (κ3) is 11.8. The molecule has 3 fully saturated rings. The van der Waals surface area contributed by atoms with E-state index in [2.05, 4.69) is 15.0 Å². The Kier molecular flexibility index (Phi) is 21.6. The molecule has 6 aliphatic rings. The molecule has 66 heavy (non-hydrogen) atoms. The van der Waals surface area contributed by atoms with Gasteiger partial charge in [0, 0.05) is 35.5 Å². The fraction of sp³-hybridized carbons (Fsp3) is 0.417. The standard InChI is InChI=1S/C36H36N6O18S3.3K/c43-4-13-10-61-31-22(28(49)40(31)25(13)34(52)53)37-19(46)7-58-16-1-17(59-8-20(47)38-23-29(50)41-26(35(54)55)14(5-44)11-62-32(23)41)3-18(2-16)60-9-21(48)39-24-30(51)42-27(36(56)57)15(6-45)12-63-33(24)42;;;/h1-3,22-24,31-33,43-45H,4-12H2,(H,37,46)(H,38,47)(H,39,48)(H,52,53)(H,54,55)(H,56,57);;;/q;3*+1/p-3/t22-,23-,24-,31-,32-,33-;;;/m1.../s1. The Morgan fingerprint density at radius 3 is 0.985 bits per heavy atom. The number of rotatable bonds is 18. The summed E-state index contributed by atoms with van der Waals surface area (Å²) in [4.78, 5) is 88.3. The Hall–Kier alpha value is -1.09. The molecular weight excluding hydrogens is 1020 g/mol. The average molecular weight is 1050 g/mol. The second-order valence-electron chi connectivity index (χ2n) is 13.9. The van der Waals surface area contributed by atoms with Crippen molar-refractivity contribution in [3.63, 3.8) is 0 Å². The first-order valence-electron chi connectivity index (χ1n) is 18.3. The summed E-state index contributed by atoms with van der Waals surface area (Å²) >= 11 is 3.32. The van der Waals surface area contributed by atoms with E-state index < -0.39 is 127 Å². The molecule has 30 heteroatoms. The number of hydrogen-bond donors (Lipinski definition) is 6. The number of nitrogens with zero attached hydrogens (tertiary/aromatic N) is 6. The molecule has 0 aliphatic carbocycles. The van der Waals surface area contributed by atoms with Crippen molar-refractivity contribution >= 4 is 88.6 Å². The first kappa shape index (κ1) is 57.5. The van der Waals surface area contributed by atoms with E-state index in [0.29, 0.717) is 0 Å². The smallest absolute Gasteiger partial charge is 0.860 e. The number of aliphatic hydroxyl groups excluding tert-OH is 3. The fourth-order valence-corrected chi connectivity index (χ4v) is 11.1. The number of ether oxygens (including phenoxy) is 3. The van der Waals surface area contributed by atoms with Gasteiger partial charge in [-0.2, -0.15) is 0 Å². The molecule has 0 radical (unpaired) electrons. The van der Waals surface area contributed by atoms with Crippen molar-refractivity contribution in [2.75, 3.05) is 56.9 Å². The van der Waals surface area contributed by atoms with Crippen LogP contribution in [0.1, 0.15) is 0 Å². The van der Waals surface area contributed by atoms with Crippen LogP contribution in [0.5, 0.6) is 17.2 Å². The maximum Gasteiger partial charge on any atom is 1.00 e. The van der Waals surface area contributed by atoms with E-state index >= 15 is 0 Å². The first-order valence-corrected chi connectivity index (χ1v) is 21.5. The molecule has 0 spiro atoms. The van der Waals surface area contributed by atoms with Gasteiger partial charge in [-0.1, -0.05) is 0 Å². The van der Waals surface area contributed by atoms with Gasteiger partial charge >= 0.3 is 172 Å². The summed E-state index contributed by atoms with van der Waals surface area (Å²) in [7, 11) is 0. The minimum absolute atomic E-state index is 0. The number of carboxylic acids is 3. The van der Waals surface area contributed by atoms with Crippen molar-refractivity contribution in [3.05, 3.63) is 52.0 Å². The van der Waals surface area contributed by atoms with Gasteiger partial charge in [0.15, 0.2) is 18.1 Å². The van der Waals surface area contributed by atoms with Crippen LogP contribution < -0.4 is 184 Å². The molecule has 7 rings (SSSR count). The summed E-state index contributed by atoms with van der Waals surface area (Å²) in [5, 5.41) is 93.6. The van der Waals surface area contributed by atoms with E-state index in [9.17, 15) is 74.7 Å². The number of aliphatic imine (C=N–C) groups is 3. The zero-order chi connectivity index (χ0) is 45.4. The van der Waals surface area contributed by atoms with Crippen LogP contribution in [-0.4, -0.2) is 190 Å². The zero-order valence-corrected chi connectivity index (χ0v) is 46.9. The van der Waals surface area contributed by atoms with E-state index in [1.807, 2.05) is 0 Å². The molecule has 6 atom stereocenters. The number of carbonyl (C=O) groups is 6.